The highest BCUT2D eigenvalue weighted by atomic mass is 16.2. The number of anilines is 1. The Morgan fingerprint density at radius 2 is 1.76 bits per heavy atom. The molecule has 2 amide bonds. The third-order valence-electron chi connectivity index (χ3n) is 4.61. The van der Waals surface area contributed by atoms with Crippen LogP contribution >= 0.6 is 0 Å². The summed E-state index contributed by atoms with van der Waals surface area (Å²) in [4.78, 5) is 16.3. The molecule has 1 heterocycles. The lowest BCUT2D eigenvalue weighted by molar-refractivity contribution is 0.249. The minimum atomic E-state index is -0.209. The molecule has 4 rings (SSSR count). The Morgan fingerprint density at radius 3 is 2.60 bits per heavy atom. The molecule has 124 valence electrons. The van der Waals surface area contributed by atoms with Gasteiger partial charge in [-0.05, 0) is 65.4 Å². The van der Waals surface area contributed by atoms with Gasteiger partial charge in [0.2, 0.25) is 0 Å². The van der Waals surface area contributed by atoms with Crippen molar-refractivity contribution in [3.05, 3.63) is 83.7 Å². The van der Waals surface area contributed by atoms with Gasteiger partial charge in [-0.25, -0.2) is 4.79 Å². The quantitative estimate of drug-likeness (QED) is 0.580. The highest BCUT2D eigenvalue weighted by molar-refractivity contribution is 5.90. The number of urea groups is 1. The number of amides is 2. The normalized spacial score (nSPS) is 12.8. The molecule has 0 saturated carbocycles. The van der Waals surface area contributed by atoms with E-state index in [2.05, 4.69) is 52.0 Å². The fraction of sp³-hybridized carbons (Fsp3) is 0.143. The molecule has 4 heteroatoms. The average Bonchev–Trinajstić information content (AvgIpc) is 3.00. The molecule has 25 heavy (non-hydrogen) atoms. The number of pyridine rings is 1. The predicted molar refractivity (Wildman–Crippen MR) is 99.5 cm³/mol. The van der Waals surface area contributed by atoms with Crippen LogP contribution < -0.4 is 10.6 Å². The molecule has 1 atom stereocenters. The summed E-state index contributed by atoms with van der Waals surface area (Å²) in [6, 6.07) is 18.1. The van der Waals surface area contributed by atoms with Gasteiger partial charge in [-0.3, -0.25) is 4.98 Å². The van der Waals surface area contributed by atoms with Gasteiger partial charge in [0, 0.05) is 18.1 Å². The molecule has 3 aromatic rings. The number of hydrogen-bond donors (Lipinski definition) is 2. The highest BCUT2D eigenvalue weighted by Gasteiger charge is 2.18. The fourth-order valence-electron chi connectivity index (χ4n) is 3.32. The molecule has 2 N–H and O–H groups in total. The third kappa shape index (κ3) is 3.11. The zero-order chi connectivity index (χ0) is 17.2. The van der Waals surface area contributed by atoms with Gasteiger partial charge in [0.1, 0.15) is 0 Å². The lowest BCUT2D eigenvalue weighted by atomic mass is 10.1. The molecule has 0 fully saturated rings. The van der Waals surface area contributed by atoms with E-state index in [4.69, 9.17) is 0 Å². The van der Waals surface area contributed by atoms with Crippen LogP contribution in [0, 0.1) is 0 Å². The number of nitrogens with zero attached hydrogens (tertiary/aromatic N) is 1. The second kappa shape index (κ2) is 6.40. The van der Waals surface area contributed by atoms with Crippen LogP contribution in [0.4, 0.5) is 10.5 Å². The predicted octanol–water partition coefficient (Wildman–Crippen LogP) is 4.54. The number of carbonyl (C=O) groups excluding carboxylic acids is 1. The smallest absolute Gasteiger partial charge is 0.319 e. The van der Waals surface area contributed by atoms with Gasteiger partial charge in [-0.2, -0.15) is 0 Å². The average molecular weight is 329 g/mol. The summed E-state index contributed by atoms with van der Waals surface area (Å²) in [6.45, 7) is 1.95. The Kier molecular flexibility index (Phi) is 3.94. The van der Waals surface area contributed by atoms with Crippen molar-refractivity contribution >= 4 is 11.7 Å². The van der Waals surface area contributed by atoms with E-state index in [1.54, 1.807) is 12.4 Å². The Labute approximate surface area is 146 Å². The number of fused-ring (bicyclic) bond motifs is 3. The van der Waals surface area contributed by atoms with Crippen molar-refractivity contribution < 1.29 is 4.79 Å². The van der Waals surface area contributed by atoms with Crippen LogP contribution in [-0.4, -0.2) is 11.0 Å². The minimum Gasteiger partial charge on any atom is -0.331 e. The summed E-state index contributed by atoms with van der Waals surface area (Å²) in [5.74, 6) is 0. The third-order valence-corrected chi connectivity index (χ3v) is 4.61. The van der Waals surface area contributed by atoms with E-state index in [9.17, 15) is 4.79 Å². The van der Waals surface area contributed by atoms with Crippen molar-refractivity contribution in [1.82, 2.24) is 10.3 Å². The van der Waals surface area contributed by atoms with Gasteiger partial charge >= 0.3 is 6.03 Å². The number of rotatable bonds is 3. The van der Waals surface area contributed by atoms with Gasteiger partial charge in [0.25, 0.3) is 0 Å². The molecule has 2 aromatic carbocycles. The Balaban J connectivity index is 1.45. The van der Waals surface area contributed by atoms with E-state index in [1.165, 1.54) is 22.3 Å². The molecule has 1 aromatic heterocycles. The first-order chi connectivity index (χ1) is 12.2. The van der Waals surface area contributed by atoms with Gasteiger partial charge < -0.3 is 10.6 Å². The molecule has 0 spiro atoms. The number of carbonyl (C=O) groups is 1. The van der Waals surface area contributed by atoms with Crippen LogP contribution in [0.15, 0.2) is 67.0 Å². The number of nitrogens with one attached hydrogen (secondary N) is 2. The lowest BCUT2D eigenvalue weighted by Gasteiger charge is -2.15. The van der Waals surface area contributed by atoms with Gasteiger partial charge in [0.15, 0.2) is 0 Å². The second-order valence-electron chi connectivity index (χ2n) is 6.31. The van der Waals surface area contributed by atoms with E-state index in [0.717, 1.165) is 17.7 Å². The molecule has 1 unspecified atom stereocenters. The van der Waals surface area contributed by atoms with E-state index < -0.39 is 0 Å². The molecule has 1 aliphatic rings. The largest absolute Gasteiger partial charge is 0.331 e. The van der Waals surface area contributed by atoms with Gasteiger partial charge in [-0.15, -0.1) is 0 Å². The number of aromatic nitrogens is 1. The Hall–Kier alpha value is -3.14. The molecular weight excluding hydrogens is 310 g/mol. The van der Waals surface area contributed by atoms with Crippen LogP contribution in [-0.2, 0) is 6.42 Å². The maximum Gasteiger partial charge on any atom is 0.319 e. The first-order valence-corrected chi connectivity index (χ1v) is 8.39. The van der Waals surface area contributed by atoms with E-state index in [0.29, 0.717) is 0 Å². The maximum atomic E-state index is 12.3. The van der Waals surface area contributed by atoms with E-state index in [1.807, 2.05) is 25.1 Å². The van der Waals surface area contributed by atoms with Crippen LogP contribution in [0.2, 0.25) is 0 Å². The van der Waals surface area contributed by atoms with Crippen LogP contribution in [0.25, 0.3) is 11.1 Å². The van der Waals surface area contributed by atoms with Crippen molar-refractivity contribution in [3.8, 4) is 11.1 Å². The monoisotopic (exact) mass is 329 g/mol. The Bertz CT molecular complexity index is 921. The van der Waals surface area contributed by atoms with Crippen molar-refractivity contribution in [2.24, 2.45) is 0 Å². The highest BCUT2D eigenvalue weighted by Crippen LogP contribution is 2.37. The standard InChI is InChI=1S/C21H19N3O/c1-14(15-8-10-22-11-9-15)23-21(25)24-18-6-7-20-17(13-18)12-16-4-2-3-5-19(16)20/h2-11,13-14H,12H2,1H3,(H2,23,24,25). The zero-order valence-electron chi connectivity index (χ0n) is 14.0. The summed E-state index contributed by atoms with van der Waals surface area (Å²) in [7, 11) is 0. The fourth-order valence-corrected chi connectivity index (χ4v) is 3.32. The Morgan fingerprint density at radius 1 is 1.00 bits per heavy atom. The molecule has 0 aliphatic heterocycles. The van der Waals surface area contributed by atoms with E-state index >= 15 is 0 Å². The topological polar surface area (TPSA) is 54.0 Å². The van der Waals surface area contributed by atoms with E-state index in [-0.39, 0.29) is 12.1 Å². The molecule has 0 bridgehead atoms. The van der Waals surface area contributed by atoms with Crippen molar-refractivity contribution in [3.63, 3.8) is 0 Å². The van der Waals surface area contributed by atoms with Crippen LogP contribution in [0.3, 0.4) is 0 Å². The van der Waals surface area contributed by atoms with Crippen LogP contribution in [0.5, 0.6) is 0 Å². The molecule has 4 nitrogen and oxygen atoms in total. The lowest BCUT2D eigenvalue weighted by Crippen LogP contribution is -2.31. The molecule has 0 radical (unpaired) electrons. The first kappa shape index (κ1) is 15.4. The maximum absolute atomic E-state index is 12.3. The second-order valence-corrected chi connectivity index (χ2v) is 6.31. The summed E-state index contributed by atoms with van der Waals surface area (Å²) < 4.78 is 0. The van der Waals surface area contributed by atoms with Gasteiger partial charge in [-0.1, -0.05) is 30.3 Å². The summed E-state index contributed by atoms with van der Waals surface area (Å²) in [5, 5.41) is 5.89. The SMILES string of the molecule is CC(NC(=O)Nc1ccc2c(c1)Cc1ccccc1-2)c1ccncc1. The summed E-state index contributed by atoms with van der Waals surface area (Å²) in [5.41, 5.74) is 6.97. The summed E-state index contributed by atoms with van der Waals surface area (Å²) >= 11 is 0. The summed E-state index contributed by atoms with van der Waals surface area (Å²) in [6.07, 6.45) is 4.36. The van der Waals surface area contributed by atoms with Crippen molar-refractivity contribution in [2.45, 2.75) is 19.4 Å². The molecule has 1 aliphatic carbocycles. The number of benzene rings is 2. The van der Waals surface area contributed by atoms with Crippen molar-refractivity contribution in [1.29, 1.82) is 0 Å². The van der Waals surface area contributed by atoms with Crippen molar-refractivity contribution in [2.75, 3.05) is 5.32 Å². The first-order valence-electron chi connectivity index (χ1n) is 8.39. The molecular formula is C21H19N3O. The van der Waals surface area contributed by atoms with Crippen LogP contribution in [0.1, 0.15) is 29.7 Å². The zero-order valence-corrected chi connectivity index (χ0v) is 14.0. The molecule has 0 saturated heterocycles. The minimum absolute atomic E-state index is 0.0818. The number of hydrogen-bond acceptors (Lipinski definition) is 2. The van der Waals surface area contributed by atoms with Gasteiger partial charge in [0.05, 0.1) is 6.04 Å².